The van der Waals surface area contributed by atoms with Gasteiger partial charge in [-0.3, -0.25) is 0 Å². The molecule has 0 spiro atoms. The molecule has 0 saturated carbocycles. The van der Waals surface area contributed by atoms with Gasteiger partial charge >= 0.3 is 120 Å². The van der Waals surface area contributed by atoms with E-state index in [1.165, 1.54) is 0 Å². The van der Waals surface area contributed by atoms with Gasteiger partial charge in [0.25, 0.3) is 0 Å². The molecule has 0 N–H and O–H groups in total. The molecule has 0 amide bonds. The van der Waals surface area contributed by atoms with Gasteiger partial charge < -0.3 is 8.56 Å². The van der Waals surface area contributed by atoms with Crippen molar-refractivity contribution in [3.8, 4) is 0 Å². The summed E-state index contributed by atoms with van der Waals surface area (Å²) in [7, 11) is 0. The molecule has 0 aromatic rings. The van der Waals surface area contributed by atoms with Crippen molar-refractivity contribution in [1.29, 1.82) is 0 Å². The standard InChI is InChI=1S/Ba.Co.Li.Mg.Na.Ni.6H/q+2;;+1;+2;+1;;6*-1. The molecule has 0 nitrogen and oxygen atoms in total. The molecule has 6 heteroatoms. The third-order valence-corrected chi connectivity index (χ3v) is 0. The first kappa shape index (κ1) is 44.3. The van der Waals surface area contributed by atoms with E-state index in [-0.39, 0.29) is 162 Å². The fourth-order valence-electron chi connectivity index (χ4n) is 0. The van der Waals surface area contributed by atoms with Crippen LogP contribution in [0.4, 0.5) is 0 Å². The third kappa shape index (κ3) is 23.1. The van der Waals surface area contributed by atoms with Crippen LogP contribution in [0.5, 0.6) is 0 Å². The first-order valence-corrected chi connectivity index (χ1v) is 0. The molecule has 0 aromatic carbocycles. The van der Waals surface area contributed by atoms with Crippen molar-refractivity contribution >= 4 is 71.9 Å². The molecule has 1 radical (unpaired) electrons. The van der Waals surface area contributed by atoms with Crippen molar-refractivity contribution in [3.05, 3.63) is 0 Å². The van der Waals surface area contributed by atoms with E-state index in [1.807, 2.05) is 0 Å². The molecule has 0 bridgehead atoms. The molecule has 0 aliphatic carbocycles. The molecule has 0 aromatic heterocycles. The summed E-state index contributed by atoms with van der Waals surface area (Å²) in [5.41, 5.74) is 0. The van der Waals surface area contributed by atoms with Crippen LogP contribution in [0.1, 0.15) is 8.56 Å². The van der Waals surface area contributed by atoms with Crippen LogP contribution in [-0.2, 0) is 33.3 Å². The van der Waals surface area contributed by atoms with Gasteiger partial charge in [-0.15, -0.1) is 0 Å². The van der Waals surface area contributed by atoms with Crippen molar-refractivity contribution in [2.45, 2.75) is 0 Å². The van der Waals surface area contributed by atoms with Gasteiger partial charge in [-0.2, -0.15) is 0 Å². The van der Waals surface area contributed by atoms with Crippen molar-refractivity contribution in [2.75, 3.05) is 0 Å². The van der Waals surface area contributed by atoms with E-state index < -0.39 is 0 Å². The summed E-state index contributed by atoms with van der Waals surface area (Å²) in [5.74, 6) is 0. The zero-order valence-electron chi connectivity index (χ0n) is 10.1. The predicted molar refractivity (Wildman–Crippen MR) is 18.2 cm³/mol. The summed E-state index contributed by atoms with van der Waals surface area (Å²) in [6, 6.07) is 0. The minimum absolute atomic E-state index is 0. The van der Waals surface area contributed by atoms with Crippen molar-refractivity contribution in [2.24, 2.45) is 0 Å². The zero-order chi connectivity index (χ0) is 0. The quantitative estimate of drug-likeness (QED) is 0.391. The molecular weight excluding hydrogens is 309 g/mol. The minimum atomic E-state index is 0. The summed E-state index contributed by atoms with van der Waals surface area (Å²) in [5, 5.41) is 0. The zero-order valence-corrected chi connectivity index (χ0v) is 13.9. The monoisotopic (exact) mass is 315 g/mol. The fourth-order valence-corrected chi connectivity index (χ4v) is 0. The number of hydrogen-bond acceptors (Lipinski definition) is 0. The van der Waals surface area contributed by atoms with Gasteiger partial charge in [0.15, 0.2) is 0 Å². The average molecular weight is 315 g/mol. The third-order valence-electron chi connectivity index (χ3n) is 0. The minimum Gasteiger partial charge on any atom is -1.00 e. The number of hydrogen-bond donors (Lipinski definition) is 0. The number of rotatable bonds is 0. The molecule has 0 saturated heterocycles. The van der Waals surface area contributed by atoms with Crippen LogP contribution in [-0.4, -0.2) is 71.9 Å². The Bertz CT molecular complexity index is 27.5. The summed E-state index contributed by atoms with van der Waals surface area (Å²) in [6.07, 6.45) is 0. The van der Waals surface area contributed by atoms with Gasteiger partial charge in [-0.1, -0.05) is 0 Å². The Balaban J connectivity index is 0. The van der Waals surface area contributed by atoms with Crippen LogP contribution in [0, 0.1) is 0 Å². The second-order valence-corrected chi connectivity index (χ2v) is 0. The SMILES string of the molecule is [Ba+2].[Co].[H-].[H-].[H-].[H-].[H-].[H-].[Li+].[Mg+2].[Na+].[Ni]. The van der Waals surface area contributed by atoms with Gasteiger partial charge in [-0.05, 0) is 0 Å². The Morgan fingerprint density at radius 1 is 1.17 bits per heavy atom. The van der Waals surface area contributed by atoms with Gasteiger partial charge in [0, 0.05) is 33.3 Å². The van der Waals surface area contributed by atoms with E-state index >= 15 is 0 Å². The second-order valence-electron chi connectivity index (χ2n) is 0. The predicted octanol–water partition coefficient (Wildman–Crippen LogP) is -6.08. The first-order valence-electron chi connectivity index (χ1n) is 0. The smallest absolute Gasteiger partial charge is 1.00 e. The molecule has 0 aliphatic heterocycles. The Morgan fingerprint density at radius 2 is 1.17 bits per heavy atom. The van der Waals surface area contributed by atoms with Crippen LogP contribution in [0.2, 0.25) is 0 Å². The summed E-state index contributed by atoms with van der Waals surface area (Å²) >= 11 is 0. The van der Waals surface area contributed by atoms with Crippen LogP contribution >= 0.6 is 0 Å². The summed E-state index contributed by atoms with van der Waals surface area (Å²) in [4.78, 5) is 0. The van der Waals surface area contributed by atoms with E-state index in [1.54, 1.807) is 0 Å². The largest absolute Gasteiger partial charge is 2.00 e. The molecular formula is H6BaCoLiMgNaNi. The molecule has 31 valence electrons. The van der Waals surface area contributed by atoms with Gasteiger partial charge in [0.05, 0.1) is 0 Å². The maximum atomic E-state index is 0. The van der Waals surface area contributed by atoms with E-state index in [0.29, 0.717) is 0 Å². The topological polar surface area (TPSA) is 0 Å². The van der Waals surface area contributed by atoms with E-state index in [4.69, 9.17) is 0 Å². The van der Waals surface area contributed by atoms with Crippen LogP contribution in [0.15, 0.2) is 0 Å². The molecule has 6 heavy (non-hydrogen) atoms. The Kier molecular flexibility index (Phi) is 241. The Labute approximate surface area is 158 Å². The maximum Gasteiger partial charge on any atom is 2.00 e. The van der Waals surface area contributed by atoms with Crippen LogP contribution in [0.3, 0.4) is 0 Å². The summed E-state index contributed by atoms with van der Waals surface area (Å²) < 4.78 is 0. The molecule has 0 rings (SSSR count). The average Bonchev–Trinajstić information content (AvgIpc) is 0. The normalized spacial score (nSPS) is 0. The fraction of sp³-hybridized carbons (Fsp3) is 0. The molecule has 0 unspecified atom stereocenters. The maximum absolute atomic E-state index is 0. The van der Waals surface area contributed by atoms with Crippen molar-refractivity contribution in [1.82, 2.24) is 0 Å². The second kappa shape index (κ2) is 32.6. The van der Waals surface area contributed by atoms with E-state index in [0.717, 1.165) is 0 Å². The van der Waals surface area contributed by atoms with Gasteiger partial charge in [-0.25, -0.2) is 0 Å². The van der Waals surface area contributed by atoms with Gasteiger partial charge in [0.2, 0.25) is 0 Å². The Morgan fingerprint density at radius 3 is 1.17 bits per heavy atom. The molecule has 0 aliphatic rings. The summed E-state index contributed by atoms with van der Waals surface area (Å²) in [6.45, 7) is 0. The van der Waals surface area contributed by atoms with Crippen LogP contribution < -0.4 is 48.4 Å². The van der Waals surface area contributed by atoms with Crippen molar-refractivity contribution in [3.63, 3.8) is 0 Å². The first-order chi connectivity index (χ1) is 0. The molecule has 0 fully saturated rings. The Hall–Kier alpha value is 4.94. The van der Waals surface area contributed by atoms with Gasteiger partial charge in [0.1, 0.15) is 0 Å². The van der Waals surface area contributed by atoms with Crippen LogP contribution in [0.25, 0.3) is 0 Å². The molecule has 0 atom stereocenters. The van der Waals surface area contributed by atoms with E-state index in [9.17, 15) is 0 Å². The van der Waals surface area contributed by atoms with Crippen molar-refractivity contribution < 1.29 is 90.2 Å². The van der Waals surface area contributed by atoms with E-state index in [2.05, 4.69) is 0 Å². The molecule has 0 heterocycles.